The van der Waals surface area contributed by atoms with Crippen molar-refractivity contribution in [3.63, 3.8) is 0 Å². The van der Waals surface area contributed by atoms with Gasteiger partial charge < -0.3 is 15.1 Å². The predicted molar refractivity (Wildman–Crippen MR) is 93.8 cm³/mol. The molecule has 23 heavy (non-hydrogen) atoms. The predicted octanol–water partition coefficient (Wildman–Crippen LogP) is 3.67. The summed E-state index contributed by atoms with van der Waals surface area (Å²) in [7, 11) is 0. The number of nitrogens with zero attached hydrogens (tertiary/aromatic N) is 2. The number of hydrogen-bond donors (Lipinski definition) is 1. The number of nitrogens with one attached hydrogen (secondary N) is 1. The molecule has 0 radical (unpaired) electrons. The molecular weight excluding hydrogens is 310 g/mol. The lowest BCUT2D eigenvalue weighted by molar-refractivity contribution is 0.134. The molecule has 3 rings (SSSR count). The summed E-state index contributed by atoms with van der Waals surface area (Å²) in [5, 5.41) is 4.12. The monoisotopic (exact) mass is 335 g/mol. The summed E-state index contributed by atoms with van der Waals surface area (Å²) in [6, 6.07) is 8.55. The van der Waals surface area contributed by atoms with E-state index in [1.165, 1.54) is 5.56 Å². The summed E-state index contributed by atoms with van der Waals surface area (Å²) in [6.45, 7) is 9.03. The summed E-state index contributed by atoms with van der Waals surface area (Å²) < 4.78 is 0. The molecule has 126 valence electrons. The Balaban J connectivity index is 1.93. The maximum atomic E-state index is 13.1. The van der Waals surface area contributed by atoms with Gasteiger partial charge in [0, 0.05) is 23.1 Å². The number of rotatable bonds is 2. The van der Waals surface area contributed by atoms with Crippen LogP contribution in [-0.2, 0) is 0 Å². The second kappa shape index (κ2) is 6.33. The van der Waals surface area contributed by atoms with Gasteiger partial charge in [0.25, 0.3) is 0 Å². The Morgan fingerprint density at radius 1 is 1.13 bits per heavy atom. The van der Waals surface area contributed by atoms with Gasteiger partial charge >= 0.3 is 6.03 Å². The van der Waals surface area contributed by atoms with Crippen molar-refractivity contribution in [3.8, 4) is 0 Å². The molecular formula is C18H26ClN3O. The molecule has 2 fully saturated rings. The van der Waals surface area contributed by atoms with Gasteiger partial charge in [0.1, 0.15) is 0 Å². The van der Waals surface area contributed by atoms with E-state index in [2.05, 4.69) is 43.1 Å². The number of carbonyl (C=O) groups is 1. The molecule has 0 bridgehead atoms. The van der Waals surface area contributed by atoms with Crippen LogP contribution in [0.15, 0.2) is 24.3 Å². The number of benzene rings is 1. The van der Waals surface area contributed by atoms with Crippen molar-refractivity contribution in [3.05, 3.63) is 34.9 Å². The fourth-order valence-corrected chi connectivity index (χ4v) is 3.74. The Morgan fingerprint density at radius 2 is 1.74 bits per heavy atom. The summed E-state index contributed by atoms with van der Waals surface area (Å²) in [6.07, 6.45) is 2.04. The van der Waals surface area contributed by atoms with Crippen LogP contribution in [0.4, 0.5) is 4.79 Å². The first-order valence-electron chi connectivity index (χ1n) is 8.44. The Morgan fingerprint density at radius 3 is 2.30 bits per heavy atom. The van der Waals surface area contributed by atoms with Crippen LogP contribution in [0, 0.1) is 0 Å². The third-order valence-corrected chi connectivity index (χ3v) is 5.16. The summed E-state index contributed by atoms with van der Waals surface area (Å²) in [5.74, 6) is 0. The highest BCUT2D eigenvalue weighted by Crippen LogP contribution is 2.37. The number of carbonyl (C=O) groups excluding carboxylic acids is 1. The number of halogens is 1. The first kappa shape index (κ1) is 16.6. The molecule has 1 aromatic rings. The molecule has 1 N–H and O–H groups in total. The van der Waals surface area contributed by atoms with Crippen LogP contribution in [0.25, 0.3) is 0 Å². The standard InChI is InChI=1S/C18H26ClN3O/c1-18(2,3)21-12-16(13-4-6-14(19)7-5-13)22(17(21)23)15-8-10-20-11-9-15/h4-7,15-16,20H,8-12H2,1-3H3. The first-order chi connectivity index (χ1) is 10.9. The zero-order valence-electron chi connectivity index (χ0n) is 14.2. The number of piperidine rings is 1. The maximum Gasteiger partial charge on any atom is 0.321 e. The van der Waals surface area contributed by atoms with Crippen molar-refractivity contribution < 1.29 is 4.79 Å². The van der Waals surface area contributed by atoms with Gasteiger partial charge in [0.2, 0.25) is 0 Å². The quantitative estimate of drug-likeness (QED) is 0.895. The second-order valence-electron chi connectivity index (χ2n) is 7.52. The molecule has 0 saturated carbocycles. The van der Waals surface area contributed by atoms with Gasteiger partial charge in [0.05, 0.1) is 6.04 Å². The summed E-state index contributed by atoms with van der Waals surface area (Å²) in [4.78, 5) is 17.2. The highest BCUT2D eigenvalue weighted by molar-refractivity contribution is 6.30. The van der Waals surface area contributed by atoms with E-state index in [-0.39, 0.29) is 17.6 Å². The molecule has 4 nitrogen and oxygen atoms in total. The lowest BCUT2D eigenvalue weighted by atomic mass is 10.00. The van der Waals surface area contributed by atoms with Gasteiger partial charge in [-0.05, 0) is 64.4 Å². The van der Waals surface area contributed by atoms with Gasteiger partial charge in [-0.1, -0.05) is 23.7 Å². The molecule has 5 heteroatoms. The van der Waals surface area contributed by atoms with E-state index >= 15 is 0 Å². The van der Waals surface area contributed by atoms with Crippen molar-refractivity contribution in [2.24, 2.45) is 0 Å². The molecule has 1 aromatic carbocycles. The second-order valence-corrected chi connectivity index (χ2v) is 7.96. The van der Waals surface area contributed by atoms with Gasteiger partial charge in [0.15, 0.2) is 0 Å². The lowest BCUT2D eigenvalue weighted by Gasteiger charge is -2.36. The Kier molecular flexibility index (Phi) is 4.56. The van der Waals surface area contributed by atoms with Gasteiger partial charge in [-0.15, -0.1) is 0 Å². The van der Waals surface area contributed by atoms with Crippen molar-refractivity contribution in [1.82, 2.24) is 15.1 Å². The molecule has 2 saturated heterocycles. The van der Waals surface area contributed by atoms with Gasteiger partial charge in [-0.3, -0.25) is 0 Å². The zero-order chi connectivity index (χ0) is 16.6. The van der Waals surface area contributed by atoms with Gasteiger partial charge in [-0.25, -0.2) is 4.79 Å². The van der Waals surface area contributed by atoms with Crippen LogP contribution in [0.2, 0.25) is 5.02 Å². The van der Waals surface area contributed by atoms with Crippen molar-refractivity contribution >= 4 is 17.6 Å². The highest BCUT2D eigenvalue weighted by atomic mass is 35.5. The average molecular weight is 336 g/mol. The van der Waals surface area contributed by atoms with Crippen molar-refractivity contribution in [2.75, 3.05) is 19.6 Å². The first-order valence-corrected chi connectivity index (χ1v) is 8.82. The number of urea groups is 1. The largest absolute Gasteiger partial charge is 0.321 e. The fraction of sp³-hybridized carbons (Fsp3) is 0.611. The molecule has 0 spiro atoms. The normalized spacial score (nSPS) is 23.7. The Hall–Kier alpha value is -1.26. The zero-order valence-corrected chi connectivity index (χ0v) is 14.9. The SMILES string of the molecule is CC(C)(C)N1CC(c2ccc(Cl)cc2)N(C2CCNCC2)C1=O. The third-order valence-electron chi connectivity index (χ3n) is 4.91. The molecule has 2 aliphatic rings. The smallest absolute Gasteiger partial charge is 0.317 e. The molecule has 0 aliphatic carbocycles. The van der Waals surface area contributed by atoms with E-state index in [0.717, 1.165) is 37.5 Å². The van der Waals surface area contributed by atoms with E-state index in [1.807, 2.05) is 17.0 Å². The fourth-order valence-electron chi connectivity index (χ4n) is 3.62. The molecule has 2 heterocycles. The molecule has 1 atom stereocenters. The minimum atomic E-state index is -0.163. The van der Waals surface area contributed by atoms with E-state index in [4.69, 9.17) is 11.6 Å². The molecule has 1 unspecified atom stereocenters. The molecule has 0 aromatic heterocycles. The maximum absolute atomic E-state index is 13.1. The summed E-state index contributed by atoms with van der Waals surface area (Å²) >= 11 is 6.03. The number of hydrogen-bond acceptors (Lipinski definition) is 2. The van der Waals surface area contributed by atoms with E-state index < -0.39 is 0 Å². The van der Waals surface area contributed by atoms with Crippen LogP contribution in [0.1, 0.15) is 45.2 Å². The van der Waals surface area contributed by atoms with Crippen LogP contribution in [0.5, 0.6) is 0 Å². The van der Waals surface area contributed by atoms with Crippen LogP contribution >= 0.6 is 11.6 Å². The highest BCUT2D eigenvalue weighted by Gasteiger charge is 2.45. The van der Waals surface area contributed by atoms with Crippen molar-refractivity contribution in [1.29, 1.82) is 0 Å². The van der Waals surface area contributed by atoms with E-state index in [9.17, 15) is 4.79 Å². The number of amides is 2. The minimum Gasteiger partial charge on any atom is -0.317 e. The van der Waals surface area contributed by atoms with Crippen LogP contribution < -0.4 is 5.32 Å². The average Bonchev–Trinajstić information content (AvgIpc) is 2.86. The molecule has 2 aliphatic heterocycles. The van der Waals surface area contributed by atoms with E-state index in [1.54, 1.807) is 0 Å². The third kappa shape index (κ3) is 3.33. The minimum absolute atomic E-state index is 0.113. The van der Waals surface area contributed by atoms with E-state index in [0.29, 0.717) is 6.04 Å². The summed E-state index contributed by atoms with van der Waals surface area (Å²) in [5.41, 5.74) is 1.01. The molecule has 2 amide bonds. The van der Waals surface area contributed by atoms with Crippen molar-refractivity contribution in [2.45, 2.75) is 51.2 Å². The van der Waals surface area contributed by atoms with Crippen LogP contribution in [0.3, 0.4) is 0 Å². The lowest BCUT2D eigenvalue weighted by Crippen LogP contribution is -2.49. The Bertz CT molecular complexity index is 561. The Labute approximate surface area is 143 Å². The van der Waals surface area contributed by atoms with Gasteiger partial charge in [-0.2, -0.15) is 0 Å². The topological polar surface area (TPSA) is 35.6 Å². The van der Waals surface area contributed by atoms with Crippen LogP contribution in [-0.4, -0.2) is 47.0 Å².